The molecule has 0 saturated carbocycles. The highest BCUT2D eigenvalue weighted by Gasteiger charge is 2.14. The third-order valence-electron chi connectivity index (χ3n) is 1.54. The molecule has 15 heavy (non-hydrogen) atoms. The van der Waals surface area contributed by atoms with Crippen LogP contribution in [0.25, 0.3) is 0 Å². The number of carboxylic acid groups (broad SMARTS) is 1. The van der Waals surface area contributed by atoms with Crippen molar-refractivity contribution in [1.82, 2.24) is 10.6 Å². The zero-order chi connectivity index (χ0) is 11.8. The number of hydrogen-bond acceptors (Lipinski definition) is 4. The number of aliphatic hydroxyl groups excluding tert-OH is 1. The van der Waals surface area contributed by atoms with Gasteiger partial charge in [0.25, 0.3) is 0 Å². The predicted octanol–water partition coefficient (Wildman–Crippen LogP) is -1.23. The van der Waals surface area contributed by atoms with E-state index in [2.05, 4.69) is 10.6 Å². The van der Waals surface area contributed by atoms with Gasteiger partial charge in [0.15, 0.2) is 6.10 Å². The van der Waals surface area contributed by atoms with Crippen molar-refractivity contribution < 1.29 is 24.5 Å². The highest BCUT2D eigenvalue weighted by atomic mass is 16.5. The first kappa shape index (κ1) is 13.7. The number of carbonyl (C=O) groups is 2. The van der Waals surface area contributed by atoms with Gasteiger partial charge in [-0.2, -0.15) is 0 Å². The van der Waals surface area contributed by atoms with E-state index in [0.29, 0.717) is 6.61 Å². The Morgan fingerprint density at radius 2 is 2.07 bits per heavy atom. The Hall–Kier alpha value is -1.34. The molecule has 0 rings (SSSR count). The fourth-order valence-corrected chi connectivity index (χ4v) is 0.843. The molecular formula is C8H16N2O5. The minimum Gasteiger partial charge on any atom is -0.479 e. The van der Waals surface area contributed by atoms with E-state index in [1.54, 1.807) is 6.92 Å². The van der Waals surface area contributed by atoms with Gasteiger partial charge in [0.05, 0.1) is 19.2 Å². The molecule has 7 nitrogen and oxygen atoms in total. The number of hydrogen-bond donors (Lipinski definition) is 4. The van der Waals surface area contributed by atoms with Gasteiger partial charge in [-0.3, -0.25) is 0 Å². The molecule has 0 aromatic rings. The third kappa shape index (κ3) is 6.69. The highest BCUT2D eigenvalue weighted by Crippen LogP contribution is 1.83. The molecule has 0 saturated heterocycles. The van der Waals surface area contributed by atoms with Crippen LogP contribution in [0.15, 0.2) is 0 Å². The third-order valence-corrected chi connectivity index (χ3v) is 1.54. The summed E-state index contributed by atoms with van der Waals surface area (Å²) in [6.07, 6.45) is -1.59. The second-order valence-corrected chi connectivity index (χ2v) is 3.06. The molecule has 0 aliphatic rings. The van der Waals surface area contributed by atoms with Gasteiger partial charge in [0.2, 0.25) is 0 Å². The van der Waals surface area contributed by atoms with Crippen molar-refractivity contribution in [3.63, 3.8) is 0 Å². The lowest BCUT2D eigenvalue weighted by Gasteiger charge is -2.14. The maximum atomic E-state index is 11.1. The van der Waals surface area contributed by atoms with Crippen LogP contribution >= 0.6 is 0 Å². The topological polar surface area (TPSA) is 108 Å². The minimum atomic E-state index is -1.59. The Morgan fingerprint density at radius 3 is 2.53 bits per heavy atom. The SMILES string of the molecule is COCC(C)NC(=O)NCC(O)C(=O)O. The molecule has 0 spiro atoms. The van der Waals surface area contributed by atoms with Crippen LogP contribution in [-0.2, 0) is 9.53 Å². The van der Waals surface area contributed by atoms with E-state index in [0.717, 1.165) is 0 Å². The van der Waals surface area contributed by atoms with Crippen LogP contribution in [0.5, 0.6) is 0 Å². The van der Waals surface area contributed by atoms with Crippen LogP contribution in [-0.4, -0.2) is 54.6 Å². The normalized spacial score (nSPS) is 14.1. The number of nitrogens with one attached hydrogen (secondary N) is 2. The molecule has 88 valence electrons. The van der Waals surface area contributed by atoms with Crippen molar-refractivity contribution in [2.24, 2.45) is 0 Å². The quantitative estimate of drug-likeness (QED) is 0.448. The smallest absolute Gasteiger partial charge is 0.334 e. The molecule has 2 unspecified atom stereocenters. The molecule has 0 fully saturated rings. The standard InChI is InChI=1S/C8H16N2O5/c1-5(4-15-2)10-8(14)9-3-6(11)7(12)13/h5-6,11H,3-4H2,1-2H3,(H,12,13)(H2,9,10,14). The average molecular weight is 220 g/mol. The van der Waals surface area contributed by atoms with Gasteiger partial charge in [0, 0.05) is 7.11 Å². The minimum absolute atomic E-state index is 0.183. The second-order valence-electron chi connectivity index (χ2n) is 3.06. The van der Waals surface area contributed by atoms with Crippen LogP contribution in [0.4, 0.5) is 4.79 Å². The van der Waals surface area contributed by atoms with E-state index < -0.39 is 18.1 Å². The molecule has 7 heteroatoms. The number of methoxy groups -OCH3 is 1. The monoisotopic (exact) mass is 220 g/mol. The second kappa shape index (κ2) is 7.02. The molecule has 2 amide bonds. The summed E-state index contributed by atoms with van der Waals surface area (Å²) in [4.78, 5) is 21.3. The van der Waals surface area contributed by atoms with Gasteiger partial charge in [-0.05, 0) is 6.92 Å². The van der Waals surface area contributed by atoms with Crippen LogP contribution in [0.2, 0.25) is 0 Å². The number of carboxylic acids is 1. The highest BCUT2D eigenvalue weighted by molar-refractivity contribution is 5.76. The van der Waals surface area contributed by atoms with E-state index in [1.807, 2.05) is 0 Å². The van der Waals surface area contributed by atoms with E-state index in [-0.39, 0.29) is 12.6 Å². The van der Waals surface area contributed by atoms with Crippen LogP contribution in [0.1, 0.15) is 6.92 Å². The summed E-state index contributed by atoms with van der Waals surface area (Å²) in [6, 6.07) is -0.725. The van der Waals surface area contributed by atoms with Crippen molar-refractivity contribution in [3.05, 3.63) is 0 Å². The summed E-state index contributed by atoms with van der Waals surface area (Å²) in [7, 11) is 1.50. The molecule has 0 heterocycles. The Bertz CT molecular complexity index is 221. The molecule has 0 bridgehead atoms. The van der Waals surface area contributed by atoms with Gasteiger partial charge in [0.1, 0.15) is 0 Å². The first-order valence-electron chi connectivity index (χ1n) is 4.41. The van der Waals surface area contributed by atoms with Crippen molar-refractivity contribution in [3.8, 4) is 0 Å². The molecule has 4 N–H and O–H groups in total. The Balaban J connectivity index is 3.70. The first-order valence-corrected chi connectivity index (χ1v) is 4.41. The van der Waals surface area contributed by atoms with Crippen LogP contribution in [0.3, 0.4) is 0 Å². The number of urea groups is 1. The Labute approximate surface area is 87.4 Å². The summed E-state index contributed by atoms with van der Waals surface area (Å²) in [5.74, 6) is -1.37. The number of amides is 2. The molecule has 2 atom stereocenters. The summed E-state index contributed by atoms with van der Waals surface area (Å²) in [5, 5.41) is 21.9. The van der Waals surface area contributed by atoms with Crippen molar-refractivity contribution in [1.29, 1.82) is 0 Å². The zero-order valence-corrected chi connectivity index (χ0v) is 8.69. The van der Waals surface area contributed by atoms with Crippen LogP contribution in [0, 0.1) is 0 Å². The van der Waals surface area contributed by atoms with Crippen molar-refractivity contribution in [2.45, 2.75) is 19.1 Å². The molecule has 0 aromatic carbocycles. The largest absolute Gasteiger partial charge is 0.479 e. The van der Waals surface area contributed by atoms with E-state index in [4.69, 9.17) is 14.9 Å². The summed E-state index contributed by atoms with van der Waals surface area (Å²) in [5.41, 5.74) is 0. The van der Waals surface area contributed by atoms with Crippen molar-refractivity contribution in [2.75, 3.05) is 20.3 Å². The predicted molar refractivity (Wildman–Crippen MR) is 51.5 cm³/mol. The number of aliphatic carboxylic acids is 1. The zero-order valence-electron chi connectivity index (χ0n) is 8.69. The Kier molecular flexibility index (Phi) is 6.39. The molecule has 0 aliphatic carbocycles. The maximum absolute atomic E-state index is 11.1. The lowest BCUT2D eigenvalue weighted by atomic mass is 10.3. The van der Waals surface area contributed by atoms with E-state index >= 15 is 0 Å². The number of carbonyl (C=O) groups excluding carboxylic acids is 1. The van der Waals surface area contributed by atoms with Crippen LogP contribution < -0.4 is 10.6 Å². The van der Waals surface area contributed by atoms with Gasteiger partial charge in [-0.1, -0.05) is 0 Å². The van der Waals surface area contributed by atoms with E-state index in [9.17, 15) is 9.59 Å². The average Bonchev–Trinajstić information content (AvgIpc) is 2.14. The fraction of sp³-hybridized carbons (Fsp3) is 0.750. The van der Waals surface area contributed by atoms with Crippen molar-refractivity contribution >= 4 is 12.0 Å². The van der Waals surface area contributed by atoms with Gasteiger partial charge >= 0.3 is 12.0 Å². The van der Waals surface area contributed by atoms with Gasteiger partial charge in [-0.15, -0.1) is 0 Å². The fourth-order valence-electron chi connectivity index (χ4n) is 0.843. The number of ether oxygens (including phenoxy) is 1. The van der Waals surface area contributed by atoms with Gasteiger partial charge in [-0.25, -0.2) is 9.59 Å². The number of rotatable bonds is 6. The molecular weight excluding hydrogens is 204 g/mol. The maximum Gasteiger partial charge on any atom is 0.334 e. The Morgan fingerprint density at radius 1 is 1.47 bits per heavy atom. The first-order chi connectivity index (χ1) is 6.97. The van der Waals surface area contributed by atoms with Gasteiger partial charge < -0.3 is 25.6 Å². The summed E-state index contributed by atoms with van der Waals surface area (Å²) >= 11 is 0. The lowest BCUT2D eigenvalue weighted by Crippen LogP contribution is -2.46. The molecule has 0 aromatic heterocycles. The molecule has 0 radical (unpaired) electrons. The lowest BCUT2D eigenvalue weighted by molar-refractivity contribution is -0.146. The molecule has 0 aliphatic heterocycles. The summed E-state index contributed by atoms with van der Waals surface area (Å²) in [6.45, 7) is 1.76. The summed E-state index contributed by atoms with van der Waals surface area (Å²) < 4.78 is 4.78. The van der Waals surface area contributed by atoms with E-state index in [1.165, 1.54) is 7.11 Å². The number of aliphatic hydroxyl groups is 1.